The summed E-state index contributed by atoms with van der Waals surface area (Å²) in [5, 5.41) is 5.90. The van der Waals surface area contributed by atoms with Gasteiger partial charge in [0.1, 0.15) is 17.5 Å². The highest BCUT2D eigenvalue weighted by Gasteiger charge is 2.27. The van der Waals surface area contributed by atoms with Crippen LogP contribution in [0.3, 0.4) is 0 Å². The number of fused-ring (bicyclic) bond motifs is 2. The van der Waals surface area contributed by atoms with E-state index in [9.17, 15) is 4.39 Å². The van der Waals surface area contributed by atoms with Gasteiger partial charge in [-0.1, -0.05) is 17.7 Å². The second kappa shape index (κ2) is 6.42. The number of piperidine rings is 1. The normalized spacial score (nSPS) is 20.4. The molecule has 1 aliphatic heterocycles. The lowest BCUT2D eigenvalue weighted by Gasteiger charge is -2.33. The van der Waals surface area contributed by atoms with Crippen molar-refractivity contribution < 1.29 is 4.39 Å². The molecular weight excluding hydrogens is 381 g/mol. The summed E-state index contributed by atoms with van der Waals surface area (Å²) in [6.07, 6.45) is 4.96. The van der Waals surface area contributed by atoms with Crippen molar-refractivity contribution in [3.05, 3.63) is 35.7 Å². The molecule has 4 aromatic rings. The monoisotopic (exact) mass is 399 g/mol. The molecular formula is C19H19ClFN7. The van der Waals surface area contributed by atoms with Crippen molar-refractivity contribution in [3.63, 3.8) is 0 Å². The lowest BCUT2D eigenvalue weighted by Crippen LogP contribution is -2.48. The number of aryl methyl sites for hydroxylation is 1. The molecule has 2 atom stereocenters. The zero-order valence-corrected chi connectivity index (χ0v) is 16.0. The van der Waals surface area contributed by atoms with E-state index in [0.717, 1.165) is 27.5 Å². The topological polar surface area (TPSA) is 88.7 Å². The summed E-state index contributed by atoms with van der Waals surface area (Å²) in [6, 6.07) is 3.47. The lowest BCUT2D eigenvalue weighted by atomic mass is 10.0. The van der Waals surface area contributed by atoms with Crippen molar-refractivity contribution in [1.82, 2.24) is 24.7 Å². The van der Waals surface area contributed by atoms with Crippen molar-refractivity contribution in [2.75, 3.05) is 18.0 Å². The number of halogens is 2. The molecule has 144 valence electrons. The van der Waals surface area contributed by atoms with Gasteiger partial charge in [-0.3, -0.25) is 4.68 Å². The highest BCUT2D eigenvalue weighted by molar-refractivity contribution is 6.38. The third-order valence-corrected chi connectivity index (χ3v) is 5.72. The van der Waals surface area contributed by atoms with Crippen LogP contribution in [0.4, 0.5) is 10.2 Å². The highest BCUT2D eigenvalue weighted by atomic mass is 35.5. The van der Waals surface area contributed by atoms with Gasteiger partial charge in [0.15, 0.2) is 5.65 Å². The van der Waals surface area contributed by atoms with E-state index in [4.69, 9.17) is 17.3 Å². The number of aromatic amines is 1. The second-order valence-corrected chi connectivity index (χ2v) is 7.58. The number of nitrogens with one attached hydrogen (secondary N) is 1. The summed E-state index contributed by atoms with van der Waals surface area (Å²) < 4.78 is 15.7. The molecule has 0 saturated carbocycles. The average molecular weight is 400 g/mol. The van der Waals surface area contributed by atoms with Gasteiger partial charge in [-0.05, 0) is 12.5 Å². The minimum absolute atomic E-state index is 0.235. The van der Waals surface area contributed by atoms with Crippen molar-refractivity contribution in [1.29, 1.82) is 0 Å². The quantitative estimate of drug-likeness (QED) is 0.541. The Morgan fingerprint density at radius 3 is 3.00 bits per heavy atom. The van der Waals surface area contributed by atoms with E-state index in [2.05, 4.69) is 20.1 Å². The Labute approximate surface area is 165 Å². The number of aromatic nitrogens is 5. The maximum absolute atomic E-state index is 14.0. The number of hydrogen-bond acceptors (Lipinski definition) is 5. The zero-order valence-electron chi connectivity index (χ0n) is 15.2. The first kappa shape index (κ1) is 17.4. The molecule has 3 aromatic heterocycles. The standard InChI is InChI=1S/C19H19ClFN7/c1-27-8-12-15(26-27)3-2-10(17(12)20)11-6-24-19-18(11)23-7-16(25-19)28-5-4-14(22)13(21)9-28/h2-3,6-8,13-14H,4-5,9,22H2,1H3,(H,24,25)/t13-,14-/m1/s1. The first-order valence-electron chi connectivity index (χ1n) is 9.12. The van der Waals surface area contributed by atoms with Crippen LogP contribution in [0.1, 0.15) is 6.42 Å². The Morgan fingerprint density at radius 2 is 2.18 bits per heavy atom. The molecule has 7 nitrogen and oxygen atoms in total. The largest absolute Gasteiger partial charge is 0.352 e. The first-order valence-corrected chi connectivity index (χ1v) is 9.50. The molecule has 0 unspecified atom stereocenters. The molecule has 9 heteroatoms. The van der Waals surface area contributed by atoms with E-state index in [0.29, 0.717) is 29.5 Å². The van der Waals surface area contributed by atoms with Gasteiger partial charge < -0.3 is 15.6 Å². The number of anilines is 1. The SMILES string of the molecule is Cn1cc2c(Cl)c(-c3c[nH]c4nc(N5CC[C@@H](N)[C@H](F)C5)cnc34)ccc2n1. The van der Waals surface area contributed by atoms with E-state index in [-0.39, 0.29) is 6.54 Å². The van der Waals surface area contributed by atoms with Crippen molar-refractivity contribution in [3.8, 4) is 11.1 Å². The summed E-state index contributed by atoms with van der Waals surface area (Å²) >= 11 is 6.65. The summed E-state index contributed by atoms with van der Waals surface area (Å²) in [6.45, 7) is 0.900. The van der Waals surface area contributed by atoms with Crippen LogP contribution in [0.2, 0.25) is 5.02 Å². The number of alkyl halides is 1. The predicted octanol–water partition coefficient (Wildman–Crippen LogP) is 3.04. The Hall–Kier alpha value is -2.71. The van der Waals surface area contributed by atoms with Crippen molar-refractivity contribution in [2.24, 2.45) is 12.8 Å². The molecule has 28 heavy (non-hydrogen) atoms. The molecule has 1 aromatic carbocycles. The Balaban J connectivity index is 1.55. The van der Waals surface area contributed by atoms with Gasteiger partial charge in [0.25, 0.3) is 0 Å². The minimum Gasteiger partial charge on any atom is -0.352 e. The predicted molar refractivity (Wildman–Crippen MR) is 108 cm³/mol. The zero-order chi connectivity index (χ0) is 19.4. The molecule has 1 aliphatic rings. The van der Waals surface area contributed by atoms with Crippen LogP contribution >= 0.6 is 11.6 Å². The second-order valence-electron chi connectivity index (χ2n) is 7.20. The molecule has 1 fully saturated rings. The van der Waals surface area contributed by atoms with Crippen LogP contribution in [-0.4, -0.2) is 50.0 Å². The fourth-order valence-corrected chi connectivity index (χ4v) is 4.07. The van der Waals surface area contributed by atoms with Gasteiger partial charge >= 0.3 is 0 Å². The number of rotatable bonds is 2. The van der Waals surface area contributed by atoms with Crippen LogP contribution in [0, 0.1) is 0 Å². The summed E-state index contributed by atoms with van der Waals surface area (Å²) in [7, 11) is 1.87. The number of nitrogens with zero attached hydrogens (tertiary/aromatic N) is 5. The third kappa shape index (κ3) is 2.71. The summed E-state index contributed by atoms with van der Waals surface area (Å²) in [4.78, 5) is 14.3. The van der Waals surface area contributed by atoms with E-state index in [1.807, 2.05) is 36.5 Å². The van der Waals surface area contributed by atoms with Gasteiger partial charge in [0.2, 0.25) is 0 Å². The molecule has 0 amide bonds. The van der Waals surface area contributed by atoms with Crippen LogP contribution < -0.4 is 10.6 Å². The number of nitrogens with two attached hydrogens (primary N) is 1. The van der Waals surface area contributed by atoms with Gasteiger partial charge in [0, 0.05) is 48.5 Å². The Bertz CT molecular complexity index is 1180. The molecule has 0 spiro atoms. The van der Waals surface area contributed by atoms with Crippen LogP contribution in [0.15, 0.2) is 30.7 Å². The minimum atomic E-state index is -1.06. The number of H-pyrrole nitrogens is 1. The van der Waals surface area contributed by atoms with E-state index < -0.39 is 12.2 Å². The highest BCUT2D eigenvalue weighted by Crippen LogP contribution is 2.37. The Kier molecular flexibility index (Phi) is 3.99. The smallest absolute Gasteiger partial charge is 0.159 e. The van der Waals surface area contributed by atoms with Crippen molar-refractivity contribution >= 4 is 39.5 Å². The fraction of sp³-hybridized carbons (Fsp3) is 0.316. The summed E-state index contributed by atoms with van der Waals surface area (Å²) in [5.41, 5.74) is 9.70. The molecule has 0 aliphatic carbocycles. The van der Waals surface area contributed by atoms with Gasteiger partial charge in [0.05, 0.1) is 23.3 Å². The molecule has 0 radical (unpaired) electrons. The van der Waals surface area contributed by atoms with E-state index >= 15 is 0 Å². The summed E-state index contributed by atoms with van der Waals surface area (Å²) in [5.74, 6) is 0.643. The Morgan fingerprint density at radius 1 is 1.32 bits per heavy atom. The molecule has 3 N–H and O–H groups in total. The molecule has 0 bridgehead atoms. The van der Waals surface area contributed by atoms with Crippen LogP contribution in [-0.2, 0) is 7.05 Å². The van der Waals surface area contributed by atoms with E-state index in [1.165, 1.54) is 0 Å². The molecule has 1 saturated heterocycles. The van der Waals surface area contributed by atoms with Gasteiger partial charge in [-0.15, -0.1) is 0 Å². The van der Waals surface area contributed by atoms with Crippen molar-refractivity contribution in [2.45, 2.75) is 18.6 Å². The third-order valence-electron chi connectivity index (χ3n) is 5.31. The van der Waals surface area contributed by atoms with Crippen LogP contribution in [0.25, 0.3) is 33.2 Å². The number of hydrogen-bond donors (Lipinski definition) is 2. The fourth-order valence-electron chi connectivity index (χ4n) is 3.76. The maximum Gasteiger partial charge on any atom is 0.159 e. The van der Waals surface area contributed by atoms with Gasteiger partial charge in [-0.2, -0.15) is 5.10 Å². The maximum atomic E-state index is 14.0. The number of benzene rings is 1. The average Bonchev–Trinajstić information content (AvgIpc) is 3.27. The van der Waals surface area contributed by atoms with Crippen LogP contribution in [0.5, 0.6) is 0 Å². The van der Waals surface area contributed by atoms with Gasteiger partial charge in [-0.25, -0.2) is 14.4 Å². The van der Waals surface area contributed by atoms with E-state index in [1.54, 1.807) is 10.9 Å². The molecule has 4 heterocycles. The first-order chi connectivity index (χ1) is 13.5. The molecule has 5 rings (SSSR count). The lowest BCUT2D eigenvalue weighted by molar-refractivity contribution is 0.251.